The molecule has 1 fully saturated rings. The number of likely N-dealkylation sites (tertiary alicyclic amines) is 1. The number of aromatic amines is 1. The molecule has 2 amide bonds. The molecule has 13 heteroatoms. The monoisotopic (exact) mass is 650 g/mol. The van der Waals surface area contributed by atoms with Gasteiger partial charge in [-0.3, -0.25) is 9.59 Å². The van der Waals surface area contributed by atoms with Gasteiger partial charge in [0.05, 0.1) is 12.1 Å². The zero-order valence-corrected chi connectivity index (χ0v) is 27.8. The van der Waals surface area contributed by atoms with Crippen molar-refractivity contribution in [3.8, 4) is 28.5 Å². The van der Waals surface area contributed by atoms with E-state index < -0.39 is 46.7 Å². The Labute approximate surface area is 272 Å². The molecule has 0 radical (unpaired) electrons. The summed E-state index contributed by atoms with van der Waals surface area (Å²) in [5.74, 6) is -0.877. The van der Waals surface area contributed by atoms with E-state index in [0.29, 0.717) is 53.2 Å². The van der Waals surface area contributed by atoms with Gasteiger partial charge in [-0.1, -0.05) is 46.8 Å². The first kappa shape index (κ1) is 33.6. The predicted octanol–water partition coefficient (Wildman–Crippen LogP) is 4.72. The number of carboxylic acid groups (broad SMARTS) is 1. The minimum absolute atomic E-state index is 0.0273. The lowest BCUT2D eigenvalue weighted by Crippen LogP contribution is -2.56. The van der Waals surface area contributed by atoms with E-state index in [1.165, 1.54) is 4.90 Å². The molecule has 2 aliphatic heterocycles. The minimum Gasteiger partial charge on any atom is -0.493 e. The lowest BCUT2D eigenvalue weighted by molar-refractivity contribution is -0.150. The van der Waals surface area contributed by atoms with Gasteiger partial charge in [0.1, 0.15) is 35.7 Å². The van der Waals surface area contributed by atoms with Gasteiger partial charge in [0, 0.05) is 31.4 Å². The van der Waals surface area contributed by atoms with Crippen molar-refractivity contribution in [1.82, 2.24) is 20.2 Å². The van der Waals surface area contributed by atoms with Crippen molar-refractivity contribution in [2.45, 2.75) is 79.2 Å². The number of aliphatic carboxylic acids is 1. The van der Waals surface area contributed by atoms with E-state index in [4.69, 9.17) is 18.9 Å². The van der Waals surface area contributed by atoms with Crippen LogP contribution in [0, 0.1) is 10.8 Å². The number of carbonyl (C=O) groups excluding carboxylic acids is 2. The quantitative estimate of drug-likeness (QED) is 0.295. The third-order valence-corrected chi connectivity index (χ3v) is 8.01. The second-order valence-corrected chi connectivity index (χ2v) is 14.3. The first-order chi connectivity index (χ1) is 21.9. The molecule has 3 N–H and O–H groups in total. The van der Waals surface area contributed by atoms with E-state index in [-0.39, 0.29) is 24.5 Å². The molecule has 0 unspecified atom stereocenters. The topological polar surface area (TPSA) is 169 Å². The highest BCUT2D eigenvalue weighted by molar-refractivity contribution is 5.90. The number of hydrogen-bond donors (Lipinski definition) is 3. The molecule has 13 nitrogen and oxygen atoms in total. The maximum atomic E-state index is 13.3. The van der Waals surface area contributed by atoms with E-state index in [0.717, 1.165) is 0 Å². The number of alkyl carbamates (subject to hydrolysis) is 1. The van der Waals surface area contributed by atoms with Crippen LogP contribution < -0.4 is 25.1 Å². The number of benzene rings is 2. The van der Waals surface area contributed by atoms with Crippen LogP contribution >= 0.6 is 0 Å². The summed E-state index contributed by atoms with van der Waals surface area (Å²) in [6.07, 6.45) is 0.172. The molecule has 3 heterocycles. The van der Waals surface area contributed by atoms with Crippen molar-refractivity contribution in [2.24, 2.45) is 10.8 Å². The molecule has 1 aromatic heterocycles. The van der Waals surface area contributed by atoms with Crippen LogP contribution in [0.2, 0.25) is 0 Å². The van der Waals surface area contributed by atoms with E-state index in [9.17, 15) is 24.3 Å². The summed E-state index contributed by atoms with van der Waals surface area (Å²) in [4.78, 5) is 59.7. The highest BCUT2D eigenvalue weighted by Crippen LogP contribution is 2.43. The van der Waals surface area contributed by atoms with Crippen molar-refractivity contribution in [3.63, 3.8) is 0 Å². The van der Waals surface area contributed by atoms with Crippen LogP contribution in [0.4, 0.5) is 4.79 Å². The number of carbonyl (C=O) groups is 3. The van der Waals surface area contributed by atoms with E-state index >= 15 is 0 Å². The van der Waals surface area contributed by atoms with Crippen LogP contribution in [-0.4, -0.2) is 75.6 Å². The van der Waals surface area contributed by atoms with Crippen molar-refractivity contribution in [2.75, 3.05) is 19.8 Å². The van der Waals surface area contributed by atoms with Gasteiger partial charge in [-0.15, -0.1) is 0 Å². The predicted molar refractivity (Wildman–Crippen MR) is 173 cm³/mol. The summed E-state index contributed by atoms with van der Waals surface area (Å²) in [6, 6.07) is 8.55. The van der Waals surface area contributed by atoms with Crippen LogP contribution in [0.25, 0.3) is 22.3 Å². The summed E-state index contributed by atoms with van der Waals surface area (Å²) in [5.41, 5.74) is 0.0269. The average Bonchev–Trinajstić information content (AvgIpc) is 3.61. The van der Waals surface area contributed by atoms with Crippen LogP contribution in [0.15, 0.2) is 41.2 Å². The molecule has 2 aromatic carbocycles. The Bertz CT molecular complexity index is 1760. The molecule has 47 heavy (non-hydrogen) atoms. The van der Waals surface area contributed by atoms with E-state index in [1.807, 2.05) is 13.8 Å². The van der Waals surface area contributed by atoms with Gasteiger partial charge in [0.2, 0.25) is 11.7 Å². The first-order valence-electron chi connectivity index (χ1n) is 15.6. The van der Waals surface area contributed by atoms with Crippen molar-refractivity contribution in [1.29, 1.82) is 0 Å². The molecular weight excluding hydrogens is 608 g/mol. The van der Waals surface area contributed by atoms with Crippen LogP contribution in [0.3, 0.4) is 0 Å². The number of amides is 2. The summed E-state index contributed by atoms with van der Waals surface area (Å²) in [7, 11) is 0. The SMILES string of the molecule is CC(C)(COC(=O)N[C@H](C(=O)N1CCC[C@H]1C(=O)O)C(C)(C)C)COc1cccc(-c2nc3c4c(ccc3[nH]c2=O)OC(C)(C)O4)c1. The molecule has 5 rings (SSSR count). The van der Waals surface area contributed by atoms with E-state index in [2.05, 4.69) is 15.3 Å². The second-order valence-electron chi connectivity index (χ2n) is 14.3. The molecule has 0 aliphatic carbocycles. The Balaban J connectivity index is 1.23. The fourth-order valence-electron chi connectivity index (χ4n) is 5.59. The van der Waals surface area contributed by atoms with Gasteiger partial charge < -0.3 is 39.3 Å². The Kier molecular flexibility index (Phi) is 8.87. The normalized spacial score (nSPS) is 17.8. The summed E-state index contributed by atoms with van der Waals surface area (Å²) < 4.78 is 23.3. The smallest absolute Gasteiger partial charge is 0.407 e. The highest BCUT2D eigenvalue weighted by Gasteiger charge is 2.42. The number of H-pyrrole nitrogens is 1. The number of aromatic nitrogens is 2. The van der Waals surface area contributed by atoms with Gasteiger partial charge >= 0.3 is 12.1 Å². The Morgan fingerprint density at radius 3 is 2.57 bits per heavy atom. The lowest BCUT2D eigenvalue weighted by Gasteiger charge is -2.34. The summed E-state index contributed by atoms with van der Waals surface area (Å²) >= 11 is 0. The molecule has 0 spiro atoms. The average molecular weight is 651 g/mol. The highest BCUT2D eigenvalue weighted by atomic mass is 16.7. The van der Waals surface area contributed by atoms with Crippen molar-refractivity contribution < 1.29 is 38.4 Å². The third kappa shape index (κ3) is 7.44. The molecule has 1 saturated heterocycles. The van der Waals surface area contributed by atoms with Gasteiger partial charge in [-0.2, -0.15) is 0 Å². The maximum Gasteiger partial charge on any atom is 0.407 e. The molecule has 0 saturated carbocycles. The molecular formula is C34H42N4O9. The number of rotatable bonds is 9. The van der Waals surface area contributed by atoms with Crippen LogP contribution in [-0.2, 0) is 14.3 Å². The number of ether oxygens (including phenoxy) is 4. The Hall–Kier alpha value is -4.81. The molecule has 2 aliphatic rings. The first-order valence-corrected chi connectivity index (χ1v) is 15.6. The Morgan fingerprint density at radius 1 is 1.13 bits per heavy atom. The summed E-state index contributed by atoms with van der Waals surface area (Å²) in [5, 5.41) is 12.2. The fourth-order valence-corrected chi connectivity index (χ4v) is 5.59. The van der Waals surface area contributed by atoms with Crippen molar-refractivity contribution >= 4 is 29.0 Å². The van der Waals surface area contributed by atoms with Gasteiger partial charge in [0.15, 0.2) is 11.5 Å². The molecule has 0 bridgehead atoms. The Morgan fingerprint density at radius 2 is 1.87 bits per heavy atom. The number of hydrogen-bond acceptors (Lipinski definition) is 9. The molecule has 2 atom stereocenters. The van der Waals surface area contributed by atoms with E-state index in [1.54, 1.807) is 71.0 Å². The molecule has 3 aromatic rings. The zero-order chi connectivity index (χ0) is 34.3. The standard InChI is InChI=1S/C34H42N4O9/c1-32(2,3)27(29(40)38-15-9-12-22(38)30(41)42)37-31(43)45-18-33(4,5)17-44-20-11-8-10-19(16-20)24-28(39)35-21-13-14-23-26(25(21)36-24)47-34(6,7)46-23/h8,10-11,13-14,16,22,27H,9,12,15,17-18H2,1-7H3,(H,35,39)(H,37,43)(H,41,42)/t22-,27+/m0/s1. The van der Waals surface area contributed by atoms with Crippen LogP contribution in [0.1, 0.15) is 61.3 Å². The summed E-state index contributed by atoms with van der Waals surface area (Å²) in [6.45, 7) is 13.1. The zero-order valence-electron chi connectivity index (χ0n) is 27.8. The lowest BCUT2D eigenvalue weighted by atomic mass is 9.85. The fraction of sp³-hybridized carbons (Fsp3) is 0.500. The minimum atomic E-state index is -1.06. The van der Waals surface area contributed by atoms with Crippen molar-refractivity contribution in [3.05, 3.63) is 46.8 Å². The number of nitrogens with zero attached hydrogens (tertiary/aromatic N) is 2. The maximum absolute atomic E-state index is 13.3. The van der Waals surface area contributed by atoms with Gasteiger partial charge in [-0.25, -0.2) is 14.6 Å². The number of fused-ring (bicyclic) bond motifs is 3. The number of carboxylic acids is 1. The largest absolute Gasteiger partial charge is 0.493 e. The second kappa shape index (κ2) is 12.4. The third-order valence-electron chi connectivity index (χ3n) is 8.01. The van der Waals surface area contributed by atoms with Gasteiger partial charge in [-0.05, 0) is 42.5 Å². The molecule has 252 valence electrons. The van der Waals surface area contributed by atoms with Crippen LogP contribution in [0.5, 0.6) is 17.2 Å². The number of nitrogens with one attached hydrogen (secondary N) is 2. The van der Waals surface area contributed by atoms with Gasteiger partial charge in [0.25, 0.3) is 5.56 Å².